The lowest BCUT2D eigenvalue weighted by Gasteiger charge is -2.15. The van der Waals surface area contributed by atoms with Crippen LogP contribution >= 0.6 is 0 Å². The summed E-state index contributed by atoms with van der Waals surface area (Å²) < 4.78 is 5.40. The van der Waals surface area contributed by atoms with Crippen molar-refractivity contribution in [2.75, 3.05) is 13.1 Å². The van der Waals surface area contributed by atoms with Crippen LogP contribution in [0.25, 0.3) is 0 Å². The van der Waals surface area contributed by atoms with Crippen molar-refractivity contribution in [1.29, 1.82) is 0 Å². The van der Waals surface area contributed by atoms with Gasteiger partial charge in [-0.15, -0.1) is 0 Å². The minimum absolute atomic E-state index is 0.221. The quantitative estimate of drug-likeness (QED) is 0.402. The van der Waals surface area contributed by atoms with E-state index in [-0.39, 0.29) is 11.9 Å². The molecule has 2 heterocycles. The van der Waals surface area contributed by atoms with Crippen LogP contribution in [0.15, 0.2) is 16.5 Å². The van der Waals surface area contributed by atoms with Crippen molar-refractivity contribution in [3.63, 3.8) is 0 Å². The largest absolute Gasteiger partial charge is 0.455 e. The van der Waals surface area contributed by atoms with E-state index in [2.05, 4.69) is 4.90 Å². The van der Waals surface area contributed by atoms with E-state index in [1.54, 1.807) is 12.1 Å². The number of carbonyl (C=O) groups is 1. The fourth-order valence-electron chi connectivity index (χ4n) is 2.28. The number of amides is 1. The Bertz CT molecular complexity index is 416. The van der Waals surface area contributed by atoms with Crippen molar-refractivity contribution < 1.29 is 14.3 Å². The minimum atomic E-state index is -0.426. The predicted octanol–water partition coefficient (Wildman–Crippen LogP) is 0.0858. The number of hydrogen-bond acceptors (Lipinski definition) is 5. The molecule has 0 spiro atoms. The molecule has 0 bridgehead atoms. The summed E-state index contributed by atoms with van der Waals surface area (Å²) in [6.45, 7) is 4.28. The van der Waals surface area contributed by atoms with E-state index in [4.69, 9.17) is 10.3 Å². The fraction of sp³-hybridized carbons (Fsp3) is 0.583. The number of hydrogen-bond donors (Lipinski definition) is 3. The lowest BCUT2D eigenvalue weighted by atomic mass is 10.0. The van der Waals surface area contributed by atoms with Gasteiger partial charge in [-0.2, -0.15) is 0 Å². The Hall–Kier alpha value is -1.37. The van der Waals surface area contributed by atoms with Gasteiger partial charge in [0.1, 0.15) is 5.76 Å². The van der Waals surface area contributed by atoms with Crippen LogP contribution in [0.2, 0.25) is 0 Å². The van der Waals surface area contributed by atoms with Gasteiger partial charge >= 0.3 is 5.91 Å². The van der Waals surface area contributed by atoms with E-state index < -0.39 is 5.91 Å². The fourth-order valence-corrected chi connectivity index (χ4v) is 2.28. The zero-order valence-electron chi connectivity index (χ0n) is 10.4. The molecule has 1 aliphatic rings. The molecule has 100 valence electrons. The number of carbonyl (C=O) groups excluding carboxylic acids is 1. The third-order valence-electron chi connectivity index (χ3n) is 3.39. The Morgan fingerprint density at radius 1 is 1.72 bits per heavy atom. The zero-order chi connectivity index (χ0) is 13.1. The van der Waals surface area contributed by atoms with Gasteiger partial charge < -0.3 is 9.52 Å². The van der Waals surface area contributed by atoms with Crippen LogP contribution in [0, 0.1) is 5.92 Å². The maximum Gasteiger partial charge on any atom is 0.300 e. The highest BCUT2D eigenvalue weighted by atomic mass is 16.4. The number of nitrogen functional groups attached to an aromatic ring is 1. The van der Waals surface area contributed by atoms with Gasteiger partial charge in [-0.25, -0.2) is 5.84 Å². The average Bonchev–Trinajstić information content (AvgIpc) is 2.98. The minimum Gasteiger partial charge on any atom is -0.455 e. The topological polar surface area (TPSA) is 91.7 Å². The summed E-state index contributed by atoms with van der Waals surface area (Å²) in [7, 11) is 0. The summed E-state index contributed by atoms with van der Waals surface area (Å²) in [5.41, 5.74) is 2.03. The molecule has 0 aliphatic carbocycles. The van der Waals surface area contributed by atoms with Gasteiger partial charge in [0.25, 0.3) is 0 Å². The van der Waals surface area contributed by atoms with Crippen molar-refractivity contribution in [3.05, 3.63) is 23.7 Å². The van der Waals surface area contributed by atoms with Crippen molar-refractivity contribution in [1.82, 2.24) is 10.3 Å². The molecule has 6 heteroatoms. The summed E-state index contributed by atoms with van der Waals surface area (Å²) >= 11 is 0. The Labute approximate surface area is 106 Å². The molecule has 1 aromatic rings. The van der Waals surface area contributed by atoms with Crippen molar-refractivity contribution in [2.45, 2.75) is 26.0 Å². The first-order chi connectivity index (χ1) is 8.60. The van der Waals surface area contributed by atoms with Gasteiger partial charge in [-0.05, 0) is 37.9 Å². The molecule has 2 unspecified atom stereocenters. The summed E-state index contributed by atoms with van der Waals surface area (Å²) in [4.78, 5) is 13.4. The SMILES string of the molecule is CC(O)C1CCN(Cc2ccc(C(=O)NN)o2)C1. The molecule has 1 aromatic heterocycles. The molecule has 6 nitrogen and oxygen atoms in total. The molecule has 18 heavy (non-hydrogen) atoms. The molecule has 2 atom stereocenters. The molecule has 0 radical (unpaired) electrons. The number of rotatable bonds is 4. The molecular formula is C12H19N3O3. The first kappa shape index (κ1) is 13.1. The smallest absolute Gasteiger partial charge is 0.300 e. The first-order valence-corrected chi connectivity index (χ1v) is 6.10. The molecule has 1 fully saturated rings. The molecule has 0 saturated carbocycles. The van der Waals surface area contributed by atoms with Gasteiger partial charge in [0.15, 0.2) is 5.76 Å². The molecule has 1 aliphatic heterocycles. The number of aliphatic hydroxyl groups excluding tert-OH is 1. The maximum atomic E-state index is 11.2. The lowest BCUT2D eigenvalue weighted by molar-refractivity contribution is 0.0922. The third kappa shape index (κ3) is 2.90. The van der Waals surface area contributed by atoms with Crippen LogP contribution in [0.3, 0.4) is 0 Å². The highest BCUT2D eigenvalue weighted by Crippen LogP contribution is 2.22. The predicted molar refractivity (Wildman–Crippen MR) is 65.4 cm³/mol. The van der Waals surface area contributed by atoms with Crippen molar-refractivity contribution in [3.8, 4) is 0 Å². The van der Waals surface area contributed by atoms with Crippen LogP contribution < -0.4 is 11.3 Å². The van der Waals surface area contributed by atoms with Crippen LogP contribution in [0.4, 0.5) is 0 Å². The molecule has 1 saturated heterocycles. The standard InChI is InChI=1S/C12H19N3O3/c1-8(16)9-4-5-15(6-9)7-10-2-3-11(18-10)12(17)14-13/h2-3,8-9,16H,4-7,13H2,1H3,(H,14,17). The van der Waals surface area contributed by atoms with Crippen molar-refractivity contribution >= 4 is 5.91 Å². The first-order valence-electron chi connectivity index (χ1n) is 6.10. The van der Waals surface area contributed by atoms with Crippen LogP contribution in [0.1, 0.15) is 29.7 Å². The van der Waals surface area contributed by atoms with E-state index in [9.17, 15) is 9.90 Å². The Morgan fingerprint density at radius 2 is 2.50 bits per heavy atom. The third-order valence-corrected chi connectivity index (χ3v) is 3.39. The van der Waals surface area contributed by atoms with E-state index in [1.807, 2.05) is 12.3 Å². The summed E-state index contributed by atoms with van der Waals surface area (Å²) in [6.07, 6.45) is 0.722. The van der Waals surface area contributed by atoms with Gasteiger partial charge in [0.05, 0.1) is 12.6 Å². The van der Waals surface area contributed by atoms with Gasteiger partial charge in [0.2, 0.25) is 0 Å². The maximum absolute atomic E-state index is 11.2. The molecule has 2 rings (SSSR count). The number of furan rings is 1. The Kier molecular flexibility index (Phi) is 4.00. The van der Waals surface area contributed by atoms with Gasteiger partial charge in [-0.1, -0.05) is 0 Å². The van der Waals surface area contributed by atoms with E-state index in [0.29, 0.717) is 12.5 Å². The van der Waals surface area contributed by atoms with Gasteiger partial charge in [-0.3, -0.25) is 15.1 Å². The summed E-state index contributed by atoms with van der Waals surface area (Å²) in [5, 5.41) is 9.53. The molecular weight excluding hydrogens is 234 g/mol. The number of nitrogens with two attached hydrogens (primary N) is 1. The zero-order valence-corrected chi connectivity index (χ0v) is 10.4. The number of nitrogens with zero attached hydrogens (tertiary/aromatic N) is 1. The second-order valence-electron chi connectivity index (χ2n) is 4.76. The highest BCUT2D eigenvalue weighted by Gasteiger charge is 2.26. The molecule has 4 N–H and O–H groups in total. The second kappa shape index (κ2) is 5.51. The summed E-state index contributed by atoms with van der Waals surface area (Å²) in [5.74, 6) is 5.89. The summed E-state index contributed by atoms with van der Waals surface area (Å²) in [6, 6.07) is 3.39. The Balaban J connectivity index is 1.91. The normalized spacial score (nSPS) is 22.1. The number of hydrazine groups is 1. The Morgan fingerprint density at radius 3 is 3.11 bits per heavy atom. The van der Waals surface area contributed by atoms with E-state index >= 15 is 0 Å². The number of nitrogens with one attached hydrogen (secondary N) is 1. The number of likely N-dealkylation sites (tertiary alicyclic amines) is 1. The van der Waals surface area contributed by atoms with Crippen LogP contribution in [0.5, 0.6) is 0 Å². The average molecular weight is 253 g/mol. The van der Waals surface area contributed by atoms with Crippen LogP contribution in [-0.4, -0.2) is 35.1 Å². The molecule has 1 amide bonds. The second-order valence-corrected chi connectivity index (χ2v) is 4.76. The van der Waals surface area contributed by atoms with Crippen molar-refractivity contribution in [2.24, 2.45) is 11.8 Å². The van der Waals surface area contributed by atoms with E-state index in [0.717, 1.165) is 25.3 Å². The molecule has 0 aromatic carbocycles. The van der Waals surface area contributed by atoms with Crippen LogP contribution in [-0.2, 0) is 6.54 Å². The van der Waals surface area contributed by atoms with E-state index in [1.165, 1.54) is 0 Å². The van der Waals surface area contributed by atoms with Gasteiger partial charge in [0, 0.05) is 6.54 Å². The number of aliphatic hydroxyl groups is 1. The highest BCUT2D eigenvalue weighted by molar-refractivity contribution is 5.90. The monoisotopic (exact) mass is 253 g/mol. The lowest BCUT2D eigenvalue weighted by Crippen LogP contribution is -2.29.